The molecule has 0 aliphatic heterocycles. The van der Waals surface area contributed by atoms with Crippen LogP contribution in [0.2, 0.25) is 0 Å². The topological polar surface area (TPSA) is 20.2 Å². The summed E-state index contributed by atoms with van der Waals surface area (Å²) in [5.41, 5.74) is 3.18. The lowest BCUT2D eigenvalue weighted by Gasteiger charge is -2.43. The summed E-state index contributed by atoms with van der Waals surface area (Å²) in [6.45, 7) is 3.52. The van der Waals surface area contributed by atoms with Crippen LogP contribution in [0.4, 0.5) is 0 Å². The van der Waals surface area contributed by atoms with Crippen molar-refractivity contribution in [3.63, 3.8) is 0 Å². The molecule has 0 radical (unpaired) electrons. The molecule has 2 rings (SSSR count). The fourth-order valence-electron chi connectivity index (χ4n) is 2.07. The van der Waals surface area contributed by atoms with Gasteiger partial charge >= 0.3 is 0 Å². The molecule has 1 nitrogen and oxygen atoms in total. The SMILES string of the molecule is C=C=C[C@]1(O)CC[C@@H]1c1ccccc1. The van der Waals surface area contributed by atoms with Gasteiger partial charge in [0.2, 0.25) is 0 Å². The smallest absolute Gasteiger partial charge is 0.0969 e. The van der Waals surface area contributed by atoms with Crippen LogP contribution in [0, 0.1) is 0 Å². The van der Waals surface area contributed by atoms with Crippen LogP contribution >= 0.6 is 0 Å². The quantitative estimate of drug-likeness (QED) is 0.704. The molecule has 0 amide bonds. The average molecular weight is 186 g/mol. The first-order chi connectivity index (χ1) is 6.76. The van der Waals surface area contributed by atoms with Crippen LogP contribution in [0.25, 0.3) is 0 Å². The van der Waals surface area contributed by atoms with Crippen molar-refractivity contribution in [2.75, 3.05) is 0 Å². The van der Waals surface area contributed by atoms with E-state index in [9.17, 15) is 5.11 Å². The molecule has 1 N–H and O–H groups in total. The van der Waals surface area contributed by atoms with Gasteiger partial charge in [0.25, 0.3) is 0 Å². The Balaban J connectivity index is 2.26. The van der Waals surface area contributed by atoms with Gasteiger partial charge in [0, 0.05) is 5.92 Å². The number of hydrogen-bond acceptors (Lipinski definition) is 1. The Morgan fingerprint density at radius 3 is 2.64 bits per heavy atom. The lowest BCUT2D eigenvalue weighted by atomic mass is 9.66. The molecule has 0 spiro atoms. The second kappa shape index (κ2) is 3.45. The van der Waals surface area contributed by atoms with Gasteiger partial charge in [0.05, 0.1) is 5.60 Å². The molecule has 1 aromatic carbocycles. The van der Waals surface area contributed by atoms with Gasteiger partial charge in [-0.2, -0.15) is 0 Å². The summed E-state index contributed by atoms with van der Waals surface area (Å²) in [5, 5.41) is 10.2. The third kappa shape index (κ3) is 1.41. The average Bonchev–Trinajstić information content (AvgIpc) is 2.18. The summed E-state index contributed by atoms with van der Waals surface area (Å²) in [6.07, 6.45) is 3.54. The van der Waals surface area contributed by atoms with Gasteiger partial charge in [-0.1, -0.05) is 36.9 Å². The standard InChI is InChI=1S/C13H14O/c1-2-9-13(14)10-8-12(13)11-6-4-3-5-7-11/h3-7,9,12,14H,1,8,10H2/t12-,13+/m1/s1. The molecule has 1 saturated carbocycles. The summed E-state index contributed by atoms with van der Waals surface area (Å²) in [4.78, 5) is 0. The molecule has 72 valence electrons. The molecule has 1 aliphatic rings. The largest absolute Gasteiger partial charge is 0.385 e. The van der Waals surface area contributed by atoms with Crippen LogP contribution in [0.5, 0.6) is 0 Å². The maximum atomic E-state index is 10.2. The Morgan fingerprint density at radius 1 is 1.43 bits per heavy atom. The number of benzene rings is 1. The molecule has 0 aromatic heterocycles. The van der Waals surface area contributed by atoms with E-state index in [4.69, 9.17) is 0 Å². The lowest BCUT2D eigenvalue weighted by molar-refractivity contribution is -0.0124. The van der Waals surface area contributed by atoms with Crippen molar-refractivity contribution >= 4 is 0 Å². The highest BCUT2D eigenvalue weighted by atomic mass is 16.3. The predicted octanol–water partition coefficient (Wildman–Crippen LogP) is 2.64. The normalized spacial score (nSPS) is 30.2. The van der Waals surface area contributed by atoms with E-state index in [1.165, 1.54) is 5.56 Å². The first-order valence-corrected chi connectivity index (χ1v) is 4.90. The maximum absolute atomic E-state index is 10.2. The van der Waals surface area contributed by atoms with Crippen LogP contribution in [-0.2, 0) is 0 Å². The molecular weight excluding hydrogens is 172 g/mol. The fourth-order valence-corrected chi connectivity index (χ4v) is 2.07. The number of hydrogen-bond donors (Lipinski definition) is 1. The zero-order valence-electron chi connectivity index (χ0n) is 8.11. The highest BCUT2D eigenvalue weighted by molar-refractivity contribution is 5.29. The van der Waals surface area contributed by atoms with Crippen molar-refractivity contribution < 1.29 is 5.11 Å². The molecule has 2 atom stereocenters. The molecule has 1 aliphatic carbocycles. The maximum Gasteiger partial charge on any atom is 0.0969 e. The highest BCUT2D eigenvalue weighted by Gasteiger charge is 2.43. The van der Waals surface area contributed by atoms with Gasteiger partial charge in [0.1, 0.15) is 0 Å². The summed E-state index contributed by atoms with van der Waals surface area (Å²) in [6, 6.07) is 10.1. The molecule has 1 aromatic rings. The lowest BCUT2D eigenvalue weighted by Crippen LogP contribution is -2.43. The minimum absolute atomic E-state index is 0.220. The third-order valence-electron chi connectivity index (χ3n) is 2.99. The van der Waals surface area contributed by atoms with Gasteiger partial charge in [-0.3, -0.25) is 0 Å². The Kier molecular flexibility index (Phi) is 2.28. The van der Waals surface area contributed by atoms with Gasteiger partial charge in [-0.05, 0) is 24.5 Å². The first-order valence-electron chi connectivity index (χ1n) is 4.90. The Hall–Kier alpha value is -1.30. The van der Waals surface area contributed by atoms with Crippen LogP contribution in [-0.4, -0.2) is 10.7 Å². The first kappa shape index (κ1) is 9.26. The fraction of sp³-hybridized carbons (Fsp3) is 0.308. The van der Waals surface area contributed by atoms with E-state index in [2.05, 4.69) is 24.4 Å². The molecule has 0 unspecified atom stereocenters. The molecule has 1 fully saturated rings. The van der Waals surface area contributed by atoms with Crippen LogP contribution in [0.15, 0.2) is 48.7 Å². The monoisotopic (exact) mass is 186 g/mol. The van der Waals surface area contributed by atoms with E-state index in [0.717, 1.165) is 12.8 Å². The minimum Gasteiger partial charge on any atom is -0.385 e. The molecule has 0 heterocycles. The molecular formula is C13H14O. The second-order valence-electron chi connectivity index (χ2n) is 3.84. The van der Waals surface area contributed by atoms with E-state index in [-0.39, 0.29) is 5.92 Å². The van der Waals surface area contributed by atoms with Crippen LogP contribution < -0.4 is 0 Å². The summed E-state index contributed by atoms with van der Waals surface area (Å²) in [7, 11) is 0. The zero-order chi connectivity index (χ0) is 10.0. The van der Waals surface area contributed by atoms with Crippen molar-refractivity contribution in [2.24, 2.45) is 0 Å². The van der Waals surface area contributed by atoms with Gasteiger partial charge in [-0.15, -0.1) is 5.73 Å². The summed E-state index contributed by atoms with van der Waals surface area (Å²) < 4.78 is 0. The van der Waals surface area contributed by atoms with Crippen molar-refractivity contribution in [2.45, 2.75) is 24.4 Å². The van der Waals surface area contributed by atoms with Crippen molar-refractivity contribution in [3.05, 3.63) is 54.3 Å². The third-order valence-corrected chi connectivity index (χ3v) is 2.99. The van der Waals surface area contributed by atoms with E-state index < -0.39 is 5.60 Å². The summed E-state index contributed by atoms with van der Waals surface area (Å²) in [5.74, 6) is 0.220. The Labute approximate surface area is 84.4 Å². The van der Waals surface area contributed by atoms with Crippen LogP contribution in [0.3, 0.4) is 0 Å². The van der Waals surface area contributed by atoms with Gasteiger partial charge in [-0.25, -0.2) is 0 Å². The summed E-state index contributed by atoms with van der Waals surface area (Å²) >= 11 is 0. The number of rotatable bonds is 2. The van der Waals surface area contributed by atoms with Crippen molar-refractivity contribution in [3.8, 4) is 0 Å². The molecule has 1 heteroatoms. The van der Waals surface area contributed by atoms with E-state index in [0.29, 0.717) is 0 Å². The van der Waals surface area contributed by atoms with Crippen molar-refractivity contribution in [1.29, 1.82) is 0 Å². The van der Waals surface area contributed by atoms with E-state index in [1.807, 2.05) is 18.2 Å². The van der Waals surface area contributed by atoms with Gasteiger partial charge < -0.3 is 5.11 Å². The minimum atomic E-state index is -0.705. The number of aliphatic hydroxyl groups is 1. The predicted molar refractivity (Wildman–Crippen MR) is 57.1 cm³/mol. The zero-order valence-corrected chi connectivity index (χ0v) is 8.11. The Bertz CT molecular complexity index is 362. The van der Waals surface area contributed by atoms with E-state index >= 15 is 0 Å². The Morgan fingerprint density at radius 2 is 2.14 bits per heavy atom. The van der Waals surface area contributed by atoms with Crippen molar-refractivity contribution in [1.82, 2.24) is 0 Å². The molecule has 14 heavy (non-hydrogen) atoms. The second-order valence-corrected chi connectivity index (χ2v) is 3.84. The van der Waals surface area contributed by atoms with E-state index in [1.54, 1.807) is 6.08 Å². The molecule has 0 bridgehead atoms. The van der Waals surface area contributed by atoms with Gasteiger partial charge in [0.15, 0.2) is 0 Å². The molecule has 0 saturated heterocycles. The van der Waals surface area contributed by atoms with Crippen LogP contribution in [0.1, 0.15) is 24.3 Å². The highest BCUT2D eigenvalue weighted by Crippen LogP contribution is 2.46.